The number of benzene rings is 1. The van der Waals surface area contributed by atoms with Gasteiger partial charge in [0.2, 0.25) is 5.91 Å². The zero-order valence-electron chi connectivity index (χ0n) is 14.1. The van der Waals surface area contributed by atoms with Crippen molar-refractivity contribution in [2.75, 3.05) is 11.5 Å². The van der Waals surface area contributed by atoms with Crippen LogP contribution in [0.15, 0.2) is 24.3 Å². The molecule has 1 saturated heterocycles. The molecule has 23 heavy (non-hydrogen) atoms. The lowest BCUT2D eigenvalue weighted by molar-refractivity contribution is -0.124. The lowest BCUT2D eigenvalue weighted by Gasteiger charge is -2.29. The van der Waals surface area contributed by atoms with Gasteiger partial charge in [-0.25, -0.2) is 8.42 Å². The van der Waals surface area contributed by atoms with Gasteiger partial charge >= 0.3 is 0 Å². The van der Waals surface area contributed by atoms with Gasteiger partial charge in [0.15, 0.2) is 0 Å². The number of hydrogen-bond donors (Lipinski definition) is 1. The summed E-state index contributed by atoms with van der Waals surface area (Å²) in [5, 5.41) is 3.17. The first kappa shape index (κ1) is 16.5. The second kappa shape index (κ2) is 5.33. The third kappa shape index (κ3) is 3.30. The Morgan fingerprint density at radius 3 is 2.52 bits per heavy atom. The van der Waals surface area contributed by atoms with Gasteiger partial charge in [0, 0.05) is 5.92 Å². The molecule has 0 aromatic heterocycles. The fraction of sp³-hybridized carbons (Fsp3) is 0.611. The van der Waals surface area contributed by atoms with E-state index in [0.29, 0.717) is 12.8 Å². The van der Waals surface area contributed by atoms with Gasteiger partial charge in [0.05, 0.1) is 17.0 Å². The number of nitrogens with one attached hydrogen (secondary N) is 1. The van der Waals surface area contributed by atoms with Crippen molar-refractivity contribution >= 4 is 15.7 Å². The molecule has 1 aliphatic heterocycles. The van der Waals surface area contributed by atoms with Crippen LogP contribution in [0.5, 0.6) is 0 Å². The maximum atomic E-state index is 12.7. The molecule has 4 nitrogen and oxygen atoms in total. The Morgan fingerprint density at radius 1 is 1.26 bits per heavy atom. The molecule has 1 N–H and O–H groups in total. The number of sulfone groups is 1. The summed E-state index contributed by atoms with van der Waals surface area (Å²) >= 11 is 0. The van der Waals surface area contributed by atoms with E-state index in [2.05, 4.69) is 11.4 Å². The van der Waals surface area contributed by atoms with Crippen molar-refractivity contribution in [3.8, 4) is 0 Å². The van der Waals surface area contributed by atoms with E-state index in [1.165, 1.54) is 5.56 Å². The van der Waals surface area contributed by atoms with Gasteiger partial charge < -0.3 is 5.32 Å². The van der Waals surface area contributed by atoms with Crippen molar-refractivity contribution < 1.29 is 13.2 Å². The van der Waals surface area contributed by atoms with Gasteiger partial charge in [-0.05, 0) is 51.0 Å². The summed E-state index contributed by atoms with van der Waals surface area (Å²) in [5.41, 5.74) is 1.78. The molecule has 1 atom stereocenters. The maximum absolute atomic E-state index is 12.7. The zero-order chi connectivity index (χ0) is 16.9. The third-order valence-electron chi connectivity index (χ3n) is 5.50. The number of carbonyl (C=O) groups excluding carboxylic acids is 1. The lowest BCUT2D eigenvalue weighted by atomic mass is 9.91. The predicted molar refractivity (Wildman–Crippen MR) is 90.8 cm³/mol. The Kier molecular flexibility index (Phi) is 3.82. The molecule has 0 bridgehead atoms. The highest BCUT2D eigenvalue weighted by Gasteiger charge is 2.59. The van der Waals surface area contributed by atoms with Crippen LogP contribution < -0.4 is 5.32 Å². The number of hydrogen-bond acceptors (Lipinski definition) is 3. The first-order valence-corrected chi connectivity index (χ1v) is 10.1. The standard InChI is InChI=1S/C18H25NO3S/c1-13-5-4-6-14(11-13)17(2,3)19-16(20)15-12-18(15)7-9-23(21,22)10-8-18/h4-6,11,15H,7-10,12H2,1-3H3,(H,19,20). The van der Waals surface area contributed by atoms with Gasteiger partial charge in [0.1, 0.15) is 9.84 Å². The van der Waals surface area contributed by atoms with E-state index < -0.39 is 15.4 Å². The highest BCUT2D eigenvalue weighted by molar-refractivity contribution is 7.91. The highest BCUT2D eigenvalue weighted by Crippen LogP contribution is 2.60. The molecule has 1 unspecified atom stereocenters. The molecule has 2 fully saturated rings. The quantitative estimate of drug-likeness (QED) is 0.923. The summed E-state index contributed by atoms with van der Waals surface area (Å²) in [6.45, 7) is 6.07. The summed E-state index contributed by atoms with van der Waals surface area (Å²) in [5.74, 6) is 0.508. The van der Waals surface area contributed by atoms with E-state index in [1.54, 1.807) is 0 Å². The molecule has 1 aromatic rings. The second-order valence-corrected chi connectivity index (χ2v) is 10.1. The number of rotatable bonds is 3. The highest BCUT2D eigenvalue weighted by atomic mass is 32.2. The van der Waals surface area contributed by atoms with Gasteiger partial charge in [-0.2, -0.15) is 0 Å². The van der Waals surface area contributed by atoms with Crippen LogP contribution in [0.1, 0.15) is 44.2 Å². The molecule has 1 heterocycles. The summed E-state index contributed by atoms with van der Waals surface area (Å²) < 4.78 is 23.2. The van der Waals surface area contributed by atoms with Crippen LogP contribution in [0.2, 0.25) is 0 Å². The van der Waals surface area contributed by atoms with Crippen molar-refractivity contribution in [2.45, 2.75) is 45.6 Å². The van der Waals surface area contributed by atoms with Gasteiger partial charge in [-0.1, -0.05) is 29.8 Å². The van der Waals surface area contributed by atoms with Crippen molar-refractivity contribution in [1.82, 2.24) is 5.32 Å². The average Bonchev–Trinajstić information content (AvgIpc) is 3.17. The van der Waals surface area contributed by atoms with Crippen molar-refractivity contribution in [1.29, 1.82) is 0 Å². The Hall–Kier alpha value is -1.36. The first-order chi connectivity index (χ1) is 10.6. The van der Waals surface area contributed by atoms with Gasteiger partial charge in [-0.15, -0.1) is 0 Å². The number of carbonyl (C=O) groups is 1. The van der Waals surface area contributed by atoms with Crippen LogP contribution in [0.25, 0.3) is 0 Å². The average molecular weight is 335 g/mol. The van der Waals surface area contributed by atoms with Crippen LogP contribution in [-0.4, -0.2) is 25.8 Å². The predicted octanol–water partition coefficient (Wildman–Crippen LogP) is 2.56. The molecule has 1 amide bonds. The SMILES string of the molecule is Cc1cccc(C(C)(C)NC(=O)C2CC23CCS(=O)(=O)CC3)c1. The minimum atomic E-state index is -2.88. The van der Waals surface area contributed by atoms with E-state index in [4.69, 9.17) is 0 Å². The summed E-state index contributed by atoms with van der Waals surface area (Å²) in [6.07, 6.45) is 2.11. The Bertz CT molecular complexity index is 722. The Balaban J connectivity index is 1.66. The van der Waals surface area contributed by atoms with E-state index in [1.807, 2.05) is 39.0 Å². The van der Waals surface area contributed by atoms with Crippen LogP contribution >= 0.6 is 0 Å². The second-order valence-electron chi connectivity index (χ2n) is 7.75. The first-order valence-electron chi connectivity index (χ1n) is 8.23. The van der Waals surface area contributed by atoms with E-state index in [9.17, 15) is 13.2 Å². The number of aryl methyl sites for hydroxylation is 1. The topological polar surface area (TPSA) is 63.2 Å². The van der Waals surface area contributed by atoms with Gasteiger partial charge in [0.25, 0.3) is 0 Å². The van der Waals surface area contributed by atoms with E-state index in [-0.39, 0.29) is 28.7 Å². The Morgan fingerprint density at radius 2 is 1.91 bits per heavy atom. The molecular weight excluding hydrogens is 310 g/mol. The molecule has 1 spiro atoms. The number of amides is 1. The monoisotopic (exact) mass is 335 g/mol. The minimum absolute atomic E-state index is 0.0258. The maximum Gasteiger partial charge on any atom is 0.224 e. The zero-order valence-corrected chi connectivity index (χ0v) is 14.9. The Labute approximate surface area is 138 Å². The minimum Gasteiger partial charge on any atom is -0.347 e. The normalized spacial score (nSPS) is 25.1. The molecule has 2 aliphatic rings. The molecule has 0 radical (unpaired) electrons. The van der Waals surface area contributed by atoms with Crippen LogP contribution in [-0.2, 0) is 20.2 Å². The fourth-order valence-electron chi connectivity index (χ4n) is 3.72. The largest absolute Gasteiger partial charge is 0.347 e. The molecular formula is C18H25NO3S. The summed E-state index contributed by atoms with van der Waals surface area (Å²) in [7, 11) is -2.88. The summed E-state index contributed by atoms with van der Waals surface area (Å²) in [4.78, 5) is 12.7. The molecule has 3 rings (SSSR count). The third-order valence-corrected chi connectivity index (χ3v) is 7.16. The van der Waals surface area contributed by atoms with Crippen LogP contribution in [0.3, 0.4) is 0 Å². The smallest absolute Gasteiger partial charge is 0.224 e. The van der Waals surface area contributed by atoms with Crippen molar-refractivity contribution in [3.05, 3.63) is 35.4 Å². The van der Waals surface area contributed by atoms with Crippen molar-refractivity contribution in [2.24, 2.45) is 11.3 Å². The van der Waals surface area contributed by atoms with E-state index in [0.717, 1.165) is 12.0 Å². The van der Waals surface area contributed by atoms with Gasteiger partial charge in [-0.3, -0.25) is 4.79 Å². The van der Waals surface area contributed by atoms with Crippen molar-refractivity contribution in [3.63, 3.8) is 0 Å². The molecule has 126 valence electrons. The molecule has 5 heteroatoms. The van der Waals surface area contributed by atoms with E-state index >= 15 is 0 Å². The fourth-order valence-corrected chi connectivity index (χ4v) is 5.36. The molecule has 1 aliphatic carbocycles. The summed E-state index contributed by atoms with van der Waals surface area (Å²) in [6, 6.07) is 8.17. The van der Waals surface area contributed by atoms with Crippen LogP contribution in [0.4, 0.5) is 0 Å². The molecule has 1 saturated carbocycles. The molecule has 1 aromatic carbocycles. The lowest BCUT2D eigenvalue weighted by Crippen LogP contribution is -2.43. The van der Waals surface area contributed by atoms with Crippen LogP contribution in [0, 0.1) is 18.3 Å².